The third-order valence-electron chi connectivity index (χ3n) is 2.87. The van der Waals surface area contributed by atoms with Crippen molar-refractivity contribution in [2.75, 3.05) is 26.8 Å². The number of hydrogen-bond acceptors (Lipinski definition) is 4. The van der Waals surface area contributed by atoms with E-state index < -0.39 is 0 Å². The fraction of sp³-hybridized carbons (Fsp3) is 0.583. The van der Waals surface area contributed by atoms with E-state index >= 15 is 0 Å². The third-order valence-corrected chi connectivity index (χ3v) is 2.87. The minimum absolute atomic E-state index is 0.647. The number of aromatic nitrogens is 1. The Labute approximate surface area is 96.0 Å². The average Bonchev–Trinajstić information content (AvgIpc) is 2.38. The van der Waals surface area contributed by atoms with Crippen molar-refractivity contribution in [2.24, 2.45) is 5.92 Å². The molecule has 1 aliphatic heterocycles. The molecule has 0 saturated carbocycles. The topological polar surface area (TPSA) is 43.4 Å². The van der Waals surface area contributed by atoms with E-state index in [1.165, 1.54) is 12.8 Å². The molecule has 0 aromatic carbocycles. The molecule has 0 amide bonds. The van der Waals surface area contributed by atoms with Gasteiger partial charge in [0.15, 0.2) is 0 Å². The van der Waals surface area contributed by atoms with Gasteiger partial charge in [0.05, 0.1) is 13.7 Å². The number of piperidine rings is 1. The number of nitrogens with zero attached hydrogens (tertiary/aromatic N) is 1. The van der Waals surface area contributed by atoms with Gasteiger partial charge in [-0.15, -0.1) is 0 Å². The summed E-state index contributed by atoms with van der Waals surface area (Å²) in [5.74, 6) is 2.09. The van der Waals surface area contributed by atoms with Gasteiger partial charge in [-0.3, -0.25) is 0 Å². The Kier molecular flexibility index (Phi) is 3.99. The second kappa shape index (κ2) is 5.70. The van der Waals surface area contributed by atoms with Crippen LogP contribution in [-0.2, 0) is 0 Å². The Hall–Kier alpha value is -1.29. The van der Waals surface area contributed by atoms with Gasteiger partial charge in [0.2, 0.25) is 5.88 Å². The molecule has 0 aliphatic carbocycles. The van der Waals surface area contributed by atoms with Crippen molar-refractivity contribution < 1.29 is 9.47 Å². The Balaban J connectivity index is 1.83. The quantitative estimate of drug-likeness (QED) is 0.837. The molecular weight excluding hydrogens is 204 g/mol. The molecule has 88 valence electrons. The summed E-state index contributed by atoms with van der Waals surface area (Å²) in [5.41, 5.74) is 0. The predicted octanol–water partition coefficient (Wildman–Crippen LogP) is 1.47. The molecule has 0 radical (unpaired) electrons. The fourth-order valence-electron chi connectivity index (χ4n) is 1.85. The molecule has 0 bridgehead atoms. The predicted molar refractivity (Wildman–Crippen MR) is 61.9 cm³/mol. The molecular formula is C12H18N2O2. The summed E-state index contributed by atoms with van der Waals surface area (Å²) < 4.78 is 10.8. The second-order valence-corrected chi connectivity index (χ2v) is 4.04. The van der Waals surface area contributed by atoms with Crippen LogP contribution in [0.25, 0.3) is 0 Å². The zero-order valence-corrected chi connectivity index (χ0v) is 9.61. The number of pyridine rings is 1. The molecule has 0 unspecified atom stereocenters. The Morgan fingerprint density at radius 3 is 3.00 bits per heavy atom. The van der Waals surface area contributed by atoms with Crippen LogP contribution in [0.3, 0.4) is 0 Å². The SMILES string of the molecule is COc1ccnc(OCC2CCNCC2)c1. The van der Waals surface area contributed by atoms with Crippen LogP contribution in [0, 0.1) is 5.92 Å². The molecule has 1 fully saturated rings. The summed E-state index contributed by atoms with van der Waals surface area (Å²) in [5, 5.41) is 3.34. The molecule has 1 saturated heterocycles. The Morgan fingerprint density at radius 2 is 2.25 bits per heavy atom. The third kappa shape index (κ3) is 3.10. The van der Waals surface area contributed by atoms with Gasteiger partial charge >= 0.3 is 0 Å². The van der Waals surface area contributed by atoms with Gasteiger partial charge in [-0.25, -0.2) is 4.98 Å². The van der Waals surface area contributed by atoms with E-state index in [2.05, 4.69) is 10.3 Å². The molecule has 1 aromatic heterocycles. The van der Waals surface area contributed by atoms with Crippen LogP contribution in [0.2, 0.25) is 0 Å². The van der Waals surface area contributed by atoms with E-state index in [0.717, 1.165) is 25.4 Å². The number of methoxy groups -OCH3 is 1. The van der Waals surface area contributed by atoms with E-state index in [0.29, 0.717) is 11.8 Å². The molecule has 2 rings (SSSR count). The van der Waals surface area contributed by atoms with Crippen molar-refractivity contribution in [3.05, 3.63) is 18.3 Å². The monoisotopic (exact) mass is 222 g/mol. The van der Waals surface area contributed by atoms with Crippen LogP contribution in [-0.4, -0.2) is 31.8 Å². The van der Waals surface area contributed by atoms with Gasteiger partial charge in [-0.2, -0.15) is 0 Å². The molecule has 0 atom stereocenters. The molecule has 4 nitrogen and oxygen atoms in total. The van der Waals surface area contributed by atoms with Gasteiger partial charge in [-0.05, 0) is 37.9 Å². The molecule has 1 N–H and O–H groups in total. The smallest absolute Gasteiger partial charge is 0.216 e. The van der Waals surface area contributed by atoms with Crippen molar-refractivity contribution >= 4 is 0 Å². The minimum atomic E-state index is 0.647. The summed E-state index contributed by atoms with van der Waals surface area (Å²) in [7, 11) is 1.64. The molecule has 2 heterocycles. The van der Waals surface area contributed by atoms with Gasteiger partial charge in [0.25, 0.3) is 0 Å². The van der Waals surface area contributed by atoms with Gasteiger partial charge in [0, 0.05) is 12.3 Å². The van der Waals surface area contributed by atoms with E-state index in [1.807, 2.05) is 12.1 Å². The highest BCUT2D eigenvalue weighted by molar-refractivity contribution is 5.25. The van der Waals surface area contributed by atoms with E-state index in [4.69, 9.17) is 9.47 Å². The van der Waals surface area contributed by atoms with Crippen LogP contribution in [0.4, 0.5) is 0 Å². The van der Waals surface area contributed by atoms with Crippen molar-refractivity contribution in [3.8, 4) is 11.6 Å². The standard InChI is InChI=1S/C12H18N2O2/c1-15-11-4-7-14-12(8-11)16-9-10-2-5-13-6-3-10/h4,7-8,10,13H,2-3,5-6,9H2,1H3. The summed E-state index contributed by atoms with van der Waals surface area (Å²) in [6.07, 6.45) is 4.07. The van der Waals surface area contributed by atoms with Crippen LogP contribution >= 0.6 is 0 Å². The number of rotatable bonds is 4. The lowest BCUT2D eigenvalue weighted by Gasteiger charge is -2.22. The molecule has 4 heteroatoms. The highest BCUT2D eigenvalue weighted by Crippen LogP contribution is 2.18. The normalized spacial score (nSPS) is 17.1. The number of ether oxygens (including phenoxy) is 2. The zero-order chi connectivity index (χ0) is 11.2. The first-order valence-electron chi connectivity index (χ1n) is 5.72. The highest BCUT2D eigenvalue weighted by atomic mass is 16.5. The maximum atomic E-state index is 5.67. The summed E-state index contributed by atoms with van der Waals surface area (Å²) in [6, 6.07) is 3.64. The molecule has 1 aromatic rings. The van der Waals surface area contributed by atoms with Crippen molar-refractivity contribution in [3.63, 3.8) is 0 Å². The first kappa shape index (κ1) is 11.2. The zero-order valence-electron chi connectivity index (χ0n) is 9.61. The van der Waals surface area contributed by atoms with E-state index in [1.54, 1.807) is 13.3 Å². The molecule has 0 spiro atoms. The Morgan fingerprint density at radius 1 is 1.44 bits per heavy atom. The van der Waals surface area contributed by atoms with Gasteiger partial charge in [-0.1, -0.05) is 0 Å². The fourth-order valence-corrected chi connectivity index (χ4v) is 1.85. The van der Waals surface area contributed by atoms with Crippen molar-refractivity contribution in [1.82, 2.24) is 10.3 Å². The maximum absolute atomic E-state index is 5.67. The van der Waals surface area contributed by atoms with Crippen LogP contribution < -0.4 is 14.8 Å². The average molecular weight is 222 g/mol. The van der Waals surface area contributed by atoms with Gasteiger partial charge < -0.3 is 14.8 Å². The lowest BCUT2D eigenvalue weighted by molar-refractivity contribution is 0.208. The van der Waals surface area contributed by atoms with Gasteiger partial charge in [0.1, 0.15) is 5.75 Å². The van der Waals surface area contributed by atoms with E-state index in [-0.39, 0.29) is 0 Å². The summed E-state index contributed by atoms with van der Waals surface area (Å²) in [6.45, 7) is 2.95. The van der Waals surface area contributed by atoms with E-state index in [9.17, 15) is 0 Å². The van der Waals surface area contributed by atoms with Crippen LogP contribution in [0.15, 0.2) is 18.3 Å². The summed E-state index contributed by atoms with van der Waals surface area (Å²) >= 11 is 0. The largest absolute Gasteiger partial charge is 0.497 e. The maximum Gasteiger partial charge on any atom is 0.216 e. The van der Waals surface area contributed by atoms with Crippen LogP contribution in [0.1, 0.15) is 12.8 Å². The lowest BCUT2D eigenvalue weighted by Crippen LogP contribution is -2.30. The number of nitrogens with one attached hydrogen (secondary N) is 1. The van der Waals surface area contributed by atoms with Crippen molar-refractivity contribution in [1.29, 1.82) is 0 Å². The first-order chi connectivity index (χ1) is 7.88. The molecule has 16 heavy (non-hydrogen) atoms. The van der Waals surface area contributed by atoms with Crippen molar-refractivity contribution in [2.45, 2.75) is 12.8 Å². The Bertz CT molecular complexity index is 325. The summed E-state index contributed by atoms with van der Waals surface area (Å²) in [4.78, 5) is 4.15. The van der Waals surface area contributed by atoms with Crippen LogP contribution in [0.5, 0.6) is 11.6 Å². The minimum Gasteiger partial charge on any atom is -0.497 e. The first-order valence-corrected chi connectivity index (χ1v) is 5.72. The lowest BCUT2D eigenvalue weighted by atomic mass is 9.99. The highest BCUT2D eigenvalue weighted by Gasteiger charge is 2.13. The number of hydrogen-bond donors (Lipinski definition) is 1. The second-order valence-electron chi connectivity index (χ2n) is 4.04. The molecule has 1 aliphatic rings.